The van der Waals surface area contributed by atoms with Gasteiger partial charge in [0.25, 0.3) is 0 Å². The second kappa shape index (κ2) is 55.5. The molecule has 0 bridgehead atoms. The molecule has 149 heavy (non-hydrogen) atoms. The molecule has 0 unspecified atom stereocenters. The third-order valence-electron chi connectivity index (χ3n) is 23.4. The van der Waals surface area contributed by atoms with Gasteiger partial charge in [0.1, 0.15) is 11.2 Å². The Hall–Kier alpha value is -16.8. The summed E-state index contributed by atoms with van der Waals surface area (Å²) in [5.41, 5.74) is 34.1. The van der Waals surface area contributed by atoms with Crippen LogP contribution < -0.4 is 0 Å². The topological polar surface area (TPSA) is 149 Å². The predicted molar refractivity (Wildman–Crippen MR) is 586 cm³/mol. The minimum atomic E-state index is 0. The van der Waals surface area contributed by atoms with Crippen LogP contribution in [-0.2, 0) is 77.9 Å². The molecule has 4 radical (unpaired) electrons. The van der Waals surface area contributed by atoms with E-state index in [1.165, 1.54) is 72.3 Å². The molecule has 728 valence electrons. The Bertz CT molecular complexity index is 7790. The van der Waals surface area contributed by atoms with Gasteiger partial charge in [-0.05, 0) is 201 Å². The number of nitrogens with zero attached hydrogens (tertiary/aromatic N) is 13. The first kappa shape index (κ1) is 108. The molecule has 0 spiro atoms. The molecule has 0 amide bonds. The van der Waals surface area contributed by atoms with Crippen LogP contribution in [0.1, 0.15) is 22.5 Å². The maximum Gasteiger partial charge on any atom is 2.00 e. The minimum absolute atomic E-state index is 0. The molecule has 0 fully saturated rings. The molecule has 0 saturated carbocycles. The Morgan fingerprint density at radius 3 is 0.940 bits per heavy atom. The number of rotatable bonds is 15. The van der Waals surface area contributed by atoms with Gasteiger partial charge in [-0.15, -0.1) is 190 Å². The van der Waals surface area contributed by atoms with Crippen molar-refractivity contribution in [2.75, 3.05) is 0 Å². The number of para-hydroxylation sites is 1. The average molecular weight is 2280 g/mol. The first-order valence-electron chi connectivity index (χ1n) is 47.5. The van der Waals surface area contributed by atoms with Gasteiger partial charge in [0.2, 0.25) is 0 Å². The van der Waals surface area contributed by atoms with Crippen LogP contribution in [0.5, 0.6) is 0 Å². The number of hydrogen-bond donors (Lipinski definition) is 0. The number of benzene rings is 16. The fourth-order valence-corrected chi connectivity index (χ4v) is 16.4. The summed E-state index contributed by atoms with van der Waals surface area (Å²) in [5, 5.41) is 19.7. The Morgan fingerprint density at radius 2 is 0.550 bits per heavy atom. The zero-order chi connectivity index (χ0) is 98.8. The quantitative estimate of drug-likeness (QED) is 0.0717. The van der Waals surface area contributed by atoms with Crippen molar-refractivity contribution >= 4 is 21.9 Å². The molecule has 25 rings (SSSR count). The van der Waals surface area contributed by atoms with Gasteiger partial charge in [0, 0.05) is 84.6 Å². The molecule has 0 aliphatic rings. The molecule has 14 nitrogen and oxygen atoms in total. The second-order valence-electron chi connectivity index (χ2n) is 33.4. The molecule has 16 aromatic carbocycles. The SMILES string of the molecule is Cc1cc(-c2ccccc2)cc(C)c1-c1cc[c-]c(-n2cccn2)c1.Cc1cc(C)n(-c2[c-]ccc(-c3ccc(-c4ccccc4)cc3)c2)n1.[Rh+2].[Rh+2].[Rh+2].[Rh+2].[c-]1ccc(-c2ccc(-c3ccccc3)cc2)cc1-n1cccn1.[c-]1ccc(-c2ccc3c(c2)oc2ccccc23)cc1-n1cccn1.[c-]1ccccc1-c1ccccn1.[c-]1ccccc1-c1ccccn1.[c-]1ccccc1-c1ccccn1.[c-]1ccccc1-c1ncccn1. The van der Waals surface area contributed by atoms with Gasteiger partial charge in [-0.1, -0.05) is 212 Å². The predicted octanol–water partition coefficient (Wildman–Crippen LogP) is 31.1. The molecule has 9 heterocycles. The van der Waals surface area contributed by atoms with Crippen LogP contribution in [0.25, 0.3) is 168 Å². The van der Waals surface area contributed by atoms with Gasteiger partial charge in [-0.3, -0.25) is 28.7 Å². The molecular weight excluding hydrogens is 2180 g/mol. The van der Waals surface area contributed by atoms with Crippen LogP contribution in [-0.4, -0.2) is 64.0 Å². The molecule has 0 aliphatic carbocycles. The zero-order valence-corrected chi connectivity index (χ0v) is 88.2. The van der Waals surface area contributed by atoms with Gasteiger partial charge in [0.15, 0.2) is 0 Å². The molecule has 0 N–H and O–H groups in total. The molecule has 0 atom stereocenters. The first-order valence-corrected chi connectivity index (χ1v) is 47.5. The van der Waals surface area contributed by atoms with Crippen LogP contribution in [0.4, 0.5) is 0 Å². The third-order valence-corrected chi connectivity index (χ3v) is 23.4. The monoisotopic (exact) mass is 2280 g/mol. The Morgan fingerprint density at radius 1 is 0.221 bits per heavy atom. The van der Waals surface area contributed by atoms with Gasteiger partial charge in [-0.25, -0.2) is 0 Å². The molecule has 25 aromatic rings. The Kier molecular flexibility index (Phi) is 40.2. The van der Waals surface area contributed by atoms with Crippen molar-refractivity contribution in [3.63, 3.8) is 0 Å². The van der Waals surface area contributed by atoms with Crippen molar-refractivity contribution in [2.24, 2.45) is 0 Å². The van der Waals surface area contributed by atoms with E-state index in [0.29, 0.717) is 0 Å². The molecule has 18 heteroatoms. The van der Waals surface area contributed by atoms with E-state index >= 15 is 0 Å². The number of aromatic nitrogens is 13. The van der Waals surface area contributed by atoms with Crippen LogP contribution in [0.3, 0.4) is 0 Å². The Labute approximate surface area is 921 Å². The van der Waals surface area contributed by atoms with Crippen molar-refractivity contribution in [2.45, 2.75) is 27.7 Å². The van der Waals surface area contributed by atoms with Crippen LogP contribution in [0.2, 0.25) is 0 Å². The number of fused-ring (bicyclic) bond motifs is 3. The first-order chi connectivity index (χ1) is 71.6. The number of aryl methyl sites for hydroxylation is 4. The summed E-state index contributed by atoms with van der Waals surface area (Å²) >= 11 is 0. The summed E-state index contributed by atoms with van der Waals surface area (Å²) in [6, 6.07) is 176. The molecule has 9 aromatic heterocycles. The standard InChI is InChI=1S/2C23H19N2.C21H13N2O.C21H15N2.3C11H8N.C10H7N2.4Rh/c1-17-14-21(19-8-4-3-5-9-19)15-18(2)23(17)20-10-6-11-22(16-20)25-13-7-12-24-25;1-17-15-18(2)25(24-17)23-10-6-9-22(16-23)21-13-11-20(12-14-21)19-7-4-3-5-8-19;1-2-8-20-18(7-1)19-10-9-16(14-21(19)24-20)15-5-3-6-17(13-15)23-12-4-11-22-23;1-2-6-17(7-3-1)18-10-12-19(13-11-18)20-8-4-9-21(16-20)23-15-5-14-22-23;3*1-2-6-10(7-3-1)11-8-4-5-9-12-11;1-2-5-9(6-3-1)10-11-7-4-8-12-10;;;;/h3-10,12-16H,1-2H3;3-9,11-16H,1-2H3;1-5,7-14H;1-8,10-16H;3*1-6,8-9H;1-5,7-8H;;;;/q8*-1;4*+2. The maximum atomic E-state index is 5.99. The van der Waals surface area contributed by atoms with E-state index in [4.69, 9.17) is 4.42 Å². The summed E-state index contributed by atoms with van der Waals surface area (Å²) in [5.74, 6) is 0.720. The number of pyridine rings is 3. The second-order valence-corrected chi connectivity index (χ2v) is 33.4. The largest absolute Gasteiger partial charge is 2.00 e. The number of furan rings is 1. The van der Waals surface area contributed by atoms with Crippen molar-refractivity contribution < 1.29 is 82.3 Å². The van der Waals surface area contributed by atoms with E-state index in [9.17, 15) is 0 Å². The normalized spacial score (nSPS) is 10.2. The van der Waals surface area contributed by atoms with E-state index in [-0.39, 0.29) is 77.9 Å². The van der Waals surface area contributed by atoms with Crippen molar-refractivity contribution in [3.8, 4) is 146 Å². The number of hydrogen-bond acceptors (Lipinski definition) is 10. The summed E-state index contributed by atoms with van der Waals surface area (Å²) in [7, 11) is 0. The van der Waals surface area contributed by atoms with E-state index < -0.39 is 0 Å². The van der Waals surface area contributed by atoms with E-state index in [1.807, 2.05) is 269 Å². The van der Waals surface area contributed by atoms with Gasteiger partial charge >= 0.3 is 77.9 Å². The van der Waals surface area contributed by atoms with Gasteiger partial charge in [0.05, 0.1) is 11.5 Å². The summed E-state index contributed by atoms with van der Waals surface area (Å²) < 4.78 is 13.4. The summed E-state index contributed by atoms with van der Waals surface area (Å²) in [4.78, 5) is 20.9. The van der Waals surface area contributed by atoms with E-state index in [2.05, 4.69) is 333 Å². The smallest absolute Gasteiger partial charge is 0.456 e. The van der Waals surface area contributed by atoms with Crippen LogP contribution in [0.15, 0.2) is 521 Å². The van der Waals surface area contributed by atoms with Crippen LogP contribution >= 0.6 is 0 Å². The maximum absolute atomic E-state index is 5.99. The fourth-order valence-electron chi connectivity index (χ4n) is 16.4. The van der Waals surface area contributed by atoms with Crippen molar-refractivity contribution in [3.05, 3.63) is 588 Å². The third kappa shape index (κ3) is 29.6. The fraction of sp³-hybridized carbons (Fsp3) is 0.0305. The van der Waals surface area contributed by atoms with Crippen molar-refractivity contribution in [1.29, 1.82) is 0 Å². The summed E-state index contributed by atoms with van der Waals surface area (Å²) in [6.07, 6.45) is 19.9. The Balaban J connectivity index is 0.000000136. The molecule has 0 saturated heterocycles. The molecule has 0 aliphatic heterocycles. The van der Waals surface area contributed by atoms with Gasteiger partial charge in [-0.2, -0.15) is 93.2 Å². The van der Waals surface area contributed by atoms with E-state index in [0.717, 1.165) is 118 Å². The average Bonchev–Trinajstić information content (AvgIpc) is 1.19. The summed E-state index contributed by atoms with van der Waals surface area (Å²) in [6.45, 7) is 8.43. The minimum Gasteiger partial charge on any atom is -0.456 e. The van der Waals surface area contributed by atoms with Crippen LogP contribution in [0, 0.1) is 76.2 Å². The molecular formula is C131H97N13ORh4. The van der Waals surface area contributed by atoms with E-state index in [1.54, 1.807) is 55.6 Å². The van der Waals surface area contributed by atoms with Gasteiger partial charge < -0.3 is 19.4 Å². The van der Waals surface area contributed by atoms with Crippen molar-refractivity contribution in [1.82, 2.24) is 64.0 Å². The zero-order valence-electron chi connectivity index (χ0n) is 81.6.